The van der Waals surface area contributed by atoms with E-state index in [1.807, 2.05) is 13.0 Å². The maximum Gasteiger partial charge on any atom is 0.223 e. The maximum atomic E-state index is 13.7. The Morgan fingerprint density at radius 2 is 2.19 bits per heavy atom. The van der Waals surface area contributed by atoms with Gasteiger partial charge in [-0.05, 0) is 31.0 Å². The summed E-state index contributed by atoms with van der Waals surface area (Å²) < 4.78 is 19.4. The number of aromatic nitrogens is 2. The largest absolute Gasteiger partial charge is 0.451 e. The van der Waals surface area contributed by atoms with Crippen molar-refractivity contribution < 1.29 is 8.81 Å². The number of nitrogens with zero attached hydrogens (tertiary/aromatic N) is 2. The monoisotopic (exact) mass is 285 g/mol. The first-order chi connectivity index (χ1) is 10.2. The number of aryl methyl sites for hydroxylation is 1. The second-order valence-corrected chi connectivity index (χ2v) is 4.92. The summed E-state index contributed by atoms with van der Waals surface area (Å²) >= 11 is 0. The van der Waals surface area contributed by atoms with Crippen molar-refractivity contribution >= 4 is 16.9 Å². The minimum atomic E-state index is -0.366. The molecule has 0 saturated heterocycles. The summed E-state index contributed by atoms with van der Waals surface area (Å²) in [5.41, 5.74) is 1.82. The molecule has 0 fully saturated rings. The molecule has 3 aromatic rings. The van der Waals surface area contributed by atoms with E-state index in [2.05, 4.69) is 22.2 Å². The van der Waals surface area contributed by atoms with Crippen molar-refractivity contribution in [2.75, 3.05) is 11.9 Å². The third-order valence-corrected chi connectivity index (χ3v) is 3.23. The van der Waals surface area contributed by atoms with Gasteiger partial charge >= 0.3 is 0 Å². The Morgan fingerprint density at radius 1 is 1.33 bits per heavy atom. The average Bonchev–Trinajstić information content (AvgIpc) is 2.92. The minimum Gasteiger partial charge on any atom is -0.451 e. The maximum absolute atomic E-state index is 13.7. The van der Waals surface area contributed by atoms with Crippen LogP contribution < -0.4 is 5.32 Å². The van der Waals surface area contributed by atoms with Gasteiger partial charge in [-0.3, -0.25) is 0 Å². The molecule has 1 N–H and O–H groups in total. The molecule has 4 nitrogen and oxygen atoms in total. The molecule has 0 saturated carbocycles. The first-order valence-corrected chi connectivity index (χ1v) is 6.95. The molecule has 0 amide bonds. The molecule has 3 rings (SSSR count). The molecule has 0 aliphatic rings. The summed E-state index contributed by atoms with van der Waals surface area (Å²) in [5, 5.41) is 3.87. The van der Waals surface area contributed by atoms with Crippen molar-refractivity contribution in [1.29, 1.82) is 0 Å². The molecule has 0 radical (unpaired) electrons. The number of nitrogens with one attached hydrogen (secondary N) is 1. The van der Waals surface area contributed by atoms with E-state index < -0.39 is 0 Å². The lowest BCUT2D eigenvalue weighted by Crippen LogP contribution is -2.05. The summed E-state index contributed by atoms with van der Waals surface area (Å²) in [7, 11) is 0. The predicted molar refractivity (Wildman–Crippen MR) is 80.7 cm³/mol. The van der Waals surface area contributed by atoms with Crippen LogP contribution in [0, 0.1) is 12.7 Å². The highest BCUT2D eigenvalue weighted by atomic mass is 19.1. The van der Waals surface area contributed by atoms with E-state index in [4.69, 9.17) is 4.42 Å². The van der Waals surface area contributed by atoms with E-state index in [-0.39, 0.29) is 11.4 Å². The second-order valence-electron chi connectivity index (χ2n) is 4.92. The number of halogens is 1. The van der Waals surface area contributed by atoms with Crippen molar-refractivity contribution in [3.8, 4) is 11.5 Å². The van der Waals surface area contributed by atoms with Crippen molar-refractivity contribution in [1.82, 2.24) is 9.97 Å². The topological polar surface area (TPSA) is 51.0 Å². The van der Waals surface area contributed by atoms with Crippen LogP contribution >= 0.6 is 0 Å². The number of benzene rings is 1. The Labute approximate surface area is 122 Å². The van der Waals surface area contributed by atoms with Crippen LogP contribution in [-0.2, 0) is 0 Å². The Kier molecular flexibility index (Phi) is 3.56. The zero-order chi connectivity index (χ0) is 14.8. The predicted octanol–water partition coefficient (Wildman–Crippen LogP) is 4.16. The SMILES string of the molecule is CCCNc1ncc(C)c(-c2cc3cccc(F)c3o2)n1. The standard InChI is InChI=1S/C16H16FN3O/c1-3-7-18-16-19-9-10(2)14(20-16)13-8-11-5-4-6-12(17)15(11)21-13/h4-6,8-9H,3,7H2,1-2H3,(H,18,19,20). The molecule has 0 aliphatic carbocycles. The van der Waals surface area contributed by atoms with Gasteiger partial charge in [0, 0.05) is 18.1 Å². The summed E-state index contributed by atoms with van der Waals surface area (Å²) in [5.74, 6) is 0.739. The van der Waals surface area contributed by atoms with E-state index >= 15 is 0 Å². The zero-order valence-electron chi connectivity index (χ0n) is 12.0. The molecule has 2 heterocycles. The first-order valence-electron chi connectivity index (χ1n) is 6.95. The van der Waals surface area contributed by atoms with Crippen LogP contribution in [0.1, 0.15) is 18.9 Å². The highest BCUT2D eigenvalue weighted by Crippen LogP contribution is 2.30. The smallest absolute Gasteiger partial charge is 0.223 e. The minimum absolute atomic E-state index is 0.258. The van der Waals surface area contributed by atoms with Gasteiger partial charge in [-0.2, -0.15) is 0 Å². The van der Waals surface area contributed by atoms with E-state index in [0.717, 1.165) is 23.9 Å². The number of para-hydroxylation sites is 1. The van der Waals surface area contributed by atoms with Crippen LogP contribution in [0.5, 0.6) is 0 Å². The van der Waals surface area contributed by atoms with Crippen molar-refractivity contribution in [2.45, 2.75) is 20.3 Å². The normalized spacial score (nSPS) is 11.0. The first kappa shape index (κ1) is 13.5. The lowest BCUT2D eigenvalue weighted by molar-refractivity contribution is 0.567. The molecule has 0 atom stereocenters. The average molecular weight is 285 g/mol. The molecule has 5 heteroatoms. The van der Waals surface area contributed by atoms with E-state index in [1.165, 1.54) is 6.07 Å². The quantitative estimate of drug-likeness (QED) is 0.782. The Hall–Kier alpha value is -2.43. The van der Waals surface area contributed by atoms with E-state index in [9.17, 15) is 4.39 Å². The number of hydrogen-bond acceptors (Lipinski definition) is 4. The molecule has 0 spiro atoms. The third-order valence-electron chi connectivity index (χ3n) is 3.23. The van der Waals surface area contributed by atoms with E-state index in [1.54, 1.807) is 18.3 Å². The highest BCUT2D eigenvalue weighted by molar-refractivity contribution is 5.83. The van der Waals surface area contributed by atoms with Crippen LogP contribution in [0.25, 0.3) is 22.4 Å². The molecule has 21 heavy (non-hydrogen) atoms. The van der Waals surface area contributed by atoms with Gasteiger partial charge in [-0.1, -0.05) is 19.1 Å². The summed E-state index contributed by atoms with van der Waals surface area (Å²) in [6.45, 7) is 4.78. The van der Waals surface area contributed by atoms with Crippen molar-refractivity contribution in [2.24, 2.45) is 0 Å². The molecular weight excluding hydrogens is 269 g/mol. The number of fused-ring (bicyclic) bond motifs is 1. The molecule has 108 valence electrons. The second kappa shape index (κ2) is 5.52. The van der Waals surface area contributed by atoms with E-state index in [0.29, 0.717) is 17.4 Å². The van der Waals surface area contributed by atoms with Gasteiger partial charge < -0.3 is 9.73 Å². The van der Waals surface area contributed by atoms with Crippen LogP contribution in [0.2, 0.25) is 0 Å². The summed E-state index contributed by atoms with van der Waals surface area (Å²) in [6, 6.07) is 6.67. The Bertz CT molecular complexity index is 782. The van der Waals surface area contributed by atoms with Gasteiger partial charge in [0.15, 0.2) is 17.2 Å². The number of furan rings is 1. The molecular formula is C16H16FN3O. The van der Waals surface area contributed by atoms with Gasteiger partial charge in [-0.15, -0.1) is 0 Å². The van der Waals surface area contributed by atoms with Gasteiger partial charge in [-0.25, -0.2) is 14.4 Å². The van der Waals surface area contributed by atoms with Crippen LogP contribution in [0.4, 0.5) is 10.3 Å². The fourth-order valence-electron chi connectivity index (χ4n) is 2.16. The summed E-state index contributed by atoms with van der Waals surface area (Å²) in [6.07, 6.45) is 2.73. The van der Waals surface area contributed by atoms with Crippen LogP contribution in [-0.4, -0.2) is 16.5 Å². The Morgan fingerprint density at radius 3 is 2.95 bits per heavy atom. The molecule has 0 bridgehead atoms. The Balaban J connectivity index is 2.06. The molecule has 0 unspecified atom stereocenters. The van der Waals surface area contributed by atoms with Gasteiger partial charge in [0.1, 0.15) is 5.69 Å². The van der Waals surface area contributed by atoms with Crippen LogP contribution in [0.3, 0.4) is 0 Å². The lowest BCUT2D eigenvalue weighted by atomic mass is 10.2. The van der Waals surface area contributed by atoms with Crippen molar-refractivity contribution in [3.63, 3.8) is 0 Å². The molecule has 2 aromatic heterocycles. The van der Waals surface area contributed by atoms with Crippen LogP contribution in [0.15, 0.2) is 34.9 Å². The van der Waals surface area contributed by atoms with Crippen molar-refractivity contribution in [3.05, 3.63) is 41.8 Å². The molecule has 0 aliphatic heterocycles. The fraction of sp³-hybridized carbons (Fsp3) is 0.250. The fourth-order valence-corrected chi connectivity index (χ4v) is 2.16. The van der Waals surface area contributed by atoms with Gasteiger partial charge in [0.2, 0.25) is 5.95 Å². The third kappa shape index (κ3) is 2.59. The van der Waals surface area contributed by atoms with Gasteiger partial charge in [0.05, 0.1) is 0 Å². The summed E-state index contributed by atoms with van der Waals surface area (Å²) in [4.78, 5) is 8.70. The number of rotatable bonds is 4. The molecule has 1 aromatic carbocycles. The van der Waals surface area contributed by atoms with Gasteiger partial charge in [0.25, 0.3) is 0 Å². The number of hydrogen-bond donors (Lipinski definition) is 1. The zero-order valence-corrected chi connectivity index (χ0v) is 12.0. The highest BCUT2D eigenvalue weighted by Gasteiger charge is 2.13. The number of anilines is 1. The lowest BCUT2D eigenvalue weighted by Gasteiger charge is -2.06.